The summed E-state index contributed by atoms with van der Waals surface area (Å²) in [5.74, 6) is 2.24. The van der Waals surface area contributed by atoms with Gasteiger partial charge in [-0.2, -0.15) is 0 Å². The number of methoxy groups -OCH3 is 1. The molecule has 0 N–H and O–H groups in total. The molecule has 0 saturated carbocycles. The molecule has 11 heteroatoms. The molecule has 0 aromatic heterocycles. The van der Waals surface area contributed by atoms with E-state index in [1.54, 1.807) is 37.3 Å². The Hall–Kier alpha value is -6.75. The van der Waals surface area contributed by atoms with E-state index in [4.69, 9.17) is 28.5 Å². The zero-order valence-electron chi connectivity index (χ0n) is 42.2. The van der Waals surface area contributed by atoms with Crippen molar-refractivity contribution in [2.75, 3.05) is 26.9 Å². The van der Waals surface area contributed by atoms with E-state index in [1.165, 1.54) is 45.3 Å². The van der Waals surface area contributed by atoms with Crippen LogP contribution in [-0.2, 0) is 33.3 Å². The van der Waals surface area contributed by atoms with Gasteiger partial charge in [0.2, 0.25) is 0 Å². The maximum Gasteiger partial charge on any atom is 0.343 e. The summed E-state index contributed by atoms with van der Waals surface area (Å²) in [6.07, 6.45) is 18.9. The minimum Gasteiger partial charge on any atom is -0.494 e. The largest absolute Gasteiger partial charge is 0.494 e. The van der Waals surface area contributed by atoms with Crippen LogP contribution in [0.1, 0.15) is 139 Å². The molecule has 0 amide bonds. The third kappa shape index (κ3) is 25.3. The molecule has 69 heavy (non-hydrogen) atoms. The Balaban J connectivity index is 0.00000129. The number of unbranched alkanes of at least 4 members (excludes halogenated alkanes) is 6. The minimum absolute atomic E-state index is 0.347. The summed E-state index contributed by atoms with van der Waals surface area (Å²) in [6.45, 7) is 24.1. The fourth-order valence-electron chi connectivity index (χ4n) is 6.40. The van der Waals surface area contributed by atoms with Crippen LogP contribution in [-0.4, -0.2) is 57.6 Å². The molecule has 1 unspecified atom stereocenters. The van der Waals surface area contributed by atoms with E-state index in [0.29, 0.717) is 73.6 Å². The van der Waals surface area contributed by atoms with E-state index in [1.807, 2.05) is 81.4 Å². The van der Waals surface area contributed by atoms with Crippen molar-refractivity contribution in [3.05, 3.63) is 145 Å². The van der Waals surface area contributed by atoms with Crippen LogP contribution in [0.5, 0.6) is 11.5 Å². The first-order chi connectivity index (χ1) is 33.4. The van der Waals surface area contributed by atoms with Crippen LogP contribution in [0.2, 0.25) is 0 Å². The van der Waals surface area contributed by atoms with Gasteiger partial charge in [-0.3, -0.25) is 9.59 Å². The van der Waals surface area contributed by atoms with Crippen LogP contribution >= 0.6 is 0 Å². The highest BCUT2D eigenvalue weighted by Crippen LogP contribution is 2.27. The molecule has 4 aromatic carbocycles. The van der Waals surface area contributed by atoms with E-state index in [2.05, 4.69) is 38.3 Å². The molecule has 0 radical (unpaired) electrons. The lowest BCUT2D eigenvalue weighted by Gasteiger charge is -2.15. The molecule has 1 aliphatic carbocycles. The van der Waals surface area contributed by atoms with Gasteiger partial charge in [-0.05, 0) is 140 Å². The summed E-state index contributed by atoms with van der Waals surface area (Å²) >= 11 is 0. The van der Waals surface area contributed by atoms with Gasteiger partial charge in [0.25, 0.3) is 6.47 Å². The predicted octanol–water partition coefficient (Wildman–Crippen LogP) is 14.4. The van der Waals surface area contributed by atoms with Crippen LogP contribution < -0.4 is 9.47 Å². The number of allylic oxidation sites excluding steroid dienone is 6. The van der Waals surface area contributed by atoms with Crippen LogP contribution in [0.15, 0.2) is 134 Å². The van der Waals surface area contributed by atoms with Crippen molar-refractivity contribution in [2.45, 2.75) is 119 Å². The lowest BCUT2D eigenvalue weighted by atomic mass is 10.0. The maximum atomic E-state index is 13.0. The number of ether oxygens (including phenoxy) is 6. The quantitative estimate of drug-likeness (QED) is 0.0165. The topological polar surface area (TPSA) is 141 Å². The molecule has 5 rings (SSSR count). The molecular weight excluding hydrogens is 873 g/mol. The van der Waals surface area contributed by atoms with Gasteiger partial charge in [0.1, 0.15) is 29.3 Å². The van der Waals surface area contributed by atoms with Crippen LogP contribution in [0.25, 0.3) is 21.5 Å². The second kappa shape index (κ2) is 37.3. The maximum absolute atomic E-state index is 13.0. The molecule has 0 aliphatic heterocycles. The Bertz CT molecular complexity index is 2260. The molecule has 374 valence electrons. The van der Waals surface area contributed by atoms with Gasteiger partial charge in [-0.25, -0.2) is 14.4 Å². The number of carbonyl (C=O) groups is 5. The summed E-state index contributed by atoms with van der Waals surface area (Å²) in [4.78, 5) is 55.4. The summed E-state index contributed by atoms with van der Waals surface area (Å²) in [5, 5.41) is 3.81. The summed E-state index contributed by atoms with van der Waals surface area (Å²) in [7, 11) is 1.33. The van der Waals surface area contributed by atoms with Crippen LogP contribution in [0.4, 0.5) is 0 Å². The zero-order chi connectivity index (χ0) is 51.2. The Morgan fingerprint density at radius 3 is 1.42 bits per heavy atom. The van der Waals surface area contributed by atoms with E-state index in [-0.39, 0.29) is 5.97 Å². The lowest BCUT2D eigenvalue weighted by molar-refractivity contribution is -0.136. The van der Waals surface area contributed by atoms with Gasteiger partial charge in [0.15, 0.2) is 0 Å². The molecule has 4 aromatic rings. The van der Waals surface area contributed by atoms with E-state index in [0.717, 1.165) is 71.1 Å². The van der Waals surface area contributed by atoms with E-state index >= 15 is 0 Å². The van der Waals surface area contributed by atoms with Gasteiger partial charge in [-0.15, -0.1) is 6.58 Å². The van der Waals surface area contributed by atoms with Crippen LogP contribution in [0.3, 0.4) is 0 Å². The number of rotatable bonds is 24. The van der Waals surface area contributed by atoms with Crippen molar-refractivity contribution >= 4 is 52.2 Å². The van der Waals surface area contributed by atoms with Crippen molar-refractivity contribution in [2.24, 2.45) is 5.92 Å². The van der Waals surface area contributed by atoms with Crippen molar-refractivity contribution < 1.29 is 52.4 Å². The third-order valence-electron chi connectivity index (χ3n) is 10.3. The minimum atomic E-state index is -0.442. The number of hydrogen-bond acceptors (Lipinski definition) is 11. The van der Waals surface area contributed by atoms with Gasteiger partial charge in [-0.1, -0.05) is 103 Å². The number of esters is 3. The first kappa shape index (κ1) is 60.3. The Morgan fingerprint density at radius 2 is 1.06 bits per heavy atom. The van der Waals surface area contributed by atoms with E-state index < -0.39 is 11.9 Å². The van der Waals surface area contributed by atoms with Gasteiger partial charge in [0.05, 0.1) is 38.1 Å². The molecular formula is C58H76O11. The van der Waals surface area contributed by atoms with Crippen molar-refractivity contribution in [3.63, 3.8) is 0 Å². The number of aldehydes is 1. The number of hydrogen-bond donors (Lipinski definition) is 0. The van der Waals surface area contributed by atoms with Crippen molar-refractivity contribution in [3.8, 4) is 11.5 Å². The highest BCUT2D eigenvalue weighted by atomic mass is 16.5. The smallest absolute Gasteiger partial charge is 0.343 e. The van der Waals surface area contributed by atoms with Crippen molar-refractivity contribution in [1.29, 1.82) is 0 Å². The van der Waals surface area contributed by atoms with Gasteiger partial charge in [0, 0.05) is 18.4 Å². The fraction of sp³-hybridized carbons (Fsp3) is 0.397. The molecule has 11 nitrogen and oxygen atoms in total. The highest BCUT2D eigenvalue weighted by Gasteiger charge is 2.18. The Kier molecular flexibility index (Phi) is 32.5. The normalized spacial score (nSPS) is 11.5. The molecule has 0 bridgehead atoms. The standard InChI is InChI=1S/C45H52O8.C5H8O2.C3H4O.C3H6.C2H6/c1-3-33(2)12-8-4-5-10-26-50-42-19-17-34-28-38(15-13-36(34)30-42)44(47)52-40-21-23-41(24-22-40)53-45(48)39-16-14-37-31-43(20-18-35(37)29-39)51-27-11-7-6-9-25-49-32-46;1-4(2)5(6)7-3;1-2-3-4;1-3-2;1-2/h13-21,23,28-33H,3-12,22,24-27H2,1-2H3;1H2,2-3H3;2-3H,1H2;3H,1H2,2H3;1-2H3. The van der Waals surface area contributed by atoms with Crippen LogP contribution in [0, 0.1) is 5.92 Å². The summed E-state index contributed by atoms with van der Waals surface area (Å²) in [6, 6.07) is 22.7. The first-order valence-electron chi connectivity index (χ1n) is 24.0. The average molecular weight is 949 g/mol. The Morgan fingerprint density at radius 1 is 0.652 bits per heavy atom. The number of benzene rings is 4. The summed E-state index contributed by atoms with van der Waals surface area (Å²) in [5.41, 5.74) is 1.35. The number of fused-ring (bicyclic) bond motifs is 2. The second-order valence-corrected chi connectivity index (χ2v) is 15.8. The molecule has 1 atom stereocenters. The highest BCUT2D eigenvalue weighted by molar-refractivity contribution is 5.97. The summed E-state index contributed by atoms with van der Waals surface area (Å²) < 4.78 is 32.3. The SMILES string of the molecule is C=C(C)C(=O)OC.C=CC.C=CC=O.CC.CCC(C)CCCCCCOc1ccc2cc(C(=O)OC3=CC=C(OC(=O)c4ccc5cc(OCCCCCCOC=O)ccc5c4)CC3)ccc2c1. The molecule has 0 spiro atoms. The average Bonchev–Trinajstić information content (AvgIpc) is 3.37. The molecule has 0 heterocycles. The lowest BCUT2D eigenvalue weighted by Crippen LogP contribution is -2.10. The molecule has 0 fully saturated rings. The van der Waals surface area contributed by atoms with Gasteiger partial charge < -0.3 is 28.4 Å². The third-order valence-corrected chi connectivity index (χ3v) is 10.3. The number of carbonyl (C=O) groups excluding carboxylic acids is 5. The zero-order valence-corrected chi connectivity index (χ0v) is 42.2. The predicted molar refractivity (Wildman–Crippen MR) is 278 cm³/mol. The fourth-order valence-corrected chi connectivity index (χ4v) is 6.40. The first-order valence-corrected chi connectivity index (χ1v) is 24.0. The molecule has 1 aliphatic rings. The molecule has 0 saturated heterocycles. The van der Waals surface area contributed by atoms with Gasteiger partial charge >= 0.3 is 17.9 Å². The van der Waals surface area contributed by atoms with E-state index in [9.17, 15) is 19.2 Å². The van der Waals surface area contributed by atoms with Crippen molar-refractivity contribution in [1.82, 2.24) is 0 Å². The Labute approximate surface area is 411 Å². The monoisotopic (exact) mass is 949 g/mol. The second-order valence-electron chi connectivity index (χ2n) is 15.8.